The highest BCUT2D eigenvalue weighted by molar-refractivity contribution is 7.12. The van der Waals surface area contributed by atoms with Crippen LogP contribution in [0, 0.1) is 0 Å². The molecule has 0 fully saturated rings. The lowest BCUT2D eigenvalue weighted by Gasteiger charge is -2.12. The SMILES string of the molecule is CCC(NC(=O)c1nc(C(=O)O)cs1)c1nccs1. The van der Waals surface area contributed by atoms with Crippen molar-refractivity contribution < 1.29 is 14.7 Å². The minimum absolute atomic E-state index is 0.113. The van der Waals surface area contributed by atoms with Crippen LogP contribution in [0.1, 0.15) is 44.7 Å². The highest BCUT2D eigenvalue weighted by Gasteiger charge is 2.19. The van der Waals surface area contributed by atoms with Gasteiger partial charge in [0.2, 0.25) is 0 Å². The van der Waals surface area contributed by atoms with Crippen molar-refractivity contribution in [3.05, 3.63) is 32.7 Å². The third-order valence-corrected chi connectivity index (χ3v) is 4.11. The van der Waals surface area contributed by atoms with E-state index in [9.17, 15) is 9.59 Å². The van der Waals surface area contributed by atoms with Gasteiger partial charge in [0, 0.05) is 17.0 Å². The number of rotatable bonds is 5. The monoisotopic (exact) mass is 297 g/mol. The average Bonchev–Trinajstić information content (AvgIpc) is 3.05. The summed E-state index contributed by atoms with van der Waals surface area (Å²) < 4.78 is 0. The van der Waals surface area contributed by atoms with Crippen LogP contribution in [0.4, 0.5) is 0 Å². The van der Waals surface area contributed by atoms with Crippen molar-refractivity contribution in [3.63, 3.8) is 0 Å². The standard InChI is InChI=1S/C11H11N3O3S2/c1-2-6(9-12-3-4-18-9)13-8(15)10-14-7(5-19-10)11(16)17/h3-6H,2H2,1H3,(H,13,15)(H,16,17). The molecule has 0 saturated carbocycles. The zero-order valence-corrected chi connectivity index (χ0v) is 11.6. The minimum Gasteiger partial charge on any atom is -0.476 e. The van der Waals surface area contributed by atoms with E-state index in [4.69, 9.17) is 5.11 Å². The number of hydrogen-bond donors (Lipinski definition) is 2. The van der Waals surface area contributed by atoms with E-state index in [2.05, 4.69) is 15.3 Å². The topological polar surface area (TPSA) is 92.2 Å². The molecule has 2 N–H and O–H groups in total. The van der Waals surface area contributed by atoms with Gasteiger partial charge in [-0.25, -0.2) is 14.8 Å². The Bertz CT molecular complexity index is 580. The van der Waals surface area contributed by atoms with Gasteiger partial charge in [-0.05, 0) is 6.42 Å². The smallest absolute Gasteiger partial charge is 0.355 e. The Morgan fingerprint density at radius 3 is 2.79 bits per heavy atom. The second kappa shape index (κ2) is 5.89. The van der Waals surface area contributed by atoms with E-state index in [-0.39, 0.29) is 22.7 Å². The summed E-state index contributed by atoms with van der Waals surface area (Å²) in [5.41, 5.74) is -0.113. The summed E-state index contributed by atoms with van der Waals surface area (Å²) >= 11 is 2.48. The van der Waals surface area contributed by atoms with Crippen molar-refractivity contribution in [2.75, 3.05) is 0 Å². The Balaban J connectivity index is 2.09. The van der Waals surface area contributed by atoms with Gasteiger partial charge in [0.1, 0.15) is 5.01 Å². The Morgan fingerprint density at radius 1 is 1.47 bits per heavy atom. The average molecular weight is 297 g/mol. The second-order valence-electron chi connectivity index (χ2n) is 3.65. The zero-order chi connectivity index (χ0) is 13.8. The lowest BCUT2D eigenvalue weighted by molar-refractivity contribution is 0.0691. The molecule has 0 spiro atoms. The molecule has 2 heterocycles. The zero-order valence-electron chi connectivity index (χ0n) is 9.99. The van der Waals surface area contributed by atoms with Crippen LogP contribution in [0.15, 0.2) is 17.0 Å². The molecule has 100 valence electrons. The summed E-state index contributed by atoms with van der Waals surface area (Å²) in [5.74, 6) is -1.51. The number of thiazole rings is 2. The first-order valence-corrected chi connectivity index (χ1v) is 7.26. The van der Waals surface area contributed by atoms with E-state index in [1.54, 1.807) is 6.20 Å². The first-order chi connectivity index (χ1) is 9.11. The van der Waals surface area contributed by atoms with Gasteiger partial charge in [0.05, 0.1) is 6.04 Å². The van der Waals surface area contributed by atoms with E-state index < -0.39 is 5.97 Å². The summed E-state index contributed by atoms with van der Waals surface area (Å²) in [6, 6.07) is -0.176. The number of amides is 1. The van der Waals surface area contributed by atoms with E-state index >= 15 is 0 Å². The number of nitrogens with zero attached hydrogens (tertiary/aromatic N) is 2. The van der Waals surface area contributed by atoms with Crippen molar-refractivity contribution >= 4 is 34.6 Å². The number of nitrogens with one attached hydrogen (secondary N) is 1. The quantitative estimate of drug-likeness (QED) is 0.882. The van der Waals surface area contributed by atoms with Crippen LogP contribution in [0.5, 0.6) is 0 Å². The van der Waals surface area contributed by atoms with Crippen LogP contribution >= 0.6 is 22.7 Å². The first-order valence-electron chi connectivity index (χ1n) is 5.51. The number of aromatic carboxylic acids is 1. The molecule has 0 bridgehead atoms. The fourth-order valence-corrected chi connectivity index (χ4v) is 2.91. The molecule has 0 aliphatic rings. The largest absolute Gasteiger partial charge is 0.476 e. The highest BCUT2D eigenvalue weighted by atomic mass is 32.1. The Hall–Kier alpha value is -1.80. The summed E-state index contributed by atoms with van der Waals surface area (Å²) in [4.78, 5) is 30.6. The molecule has 2 aromatic heterocycles. The maximum atomic E-state index is 12.0. The molecule has 0 saturated heterocycles. The van der Waals surface area contributed by atoms with Crippen LogP contribution in [0.2, 0.25) is 0 Å². The molecule has 0 radical (unpaired) electrons. The van der Waals surface area contributed by atoms with Crippen LogP contribution < -0.4 is 5.32 Å². The van der Waals surface area contributed by atoms with Gasteiger partial charge in [0.25, 0.3) is 5.91 Å². The summed E-state index contributed by atoms with van der Waals surface area (Å²) in [6.07, 6.45) is 2.39. The van der Waals surface area contributed by atoms with Crippen molar-refractivity contribution in [2.24, 2.45) is 0 Å². The maximum Gasteiger partial charge on any atom is 0.355 e. The van der Waals surface area contributed by atoms with Crippen LogP contribution in [0.25, 0.3) is 0 Å². The third-order valence-electron chi connectivity index (χ3n) is 2.38. The molecule has 2 rings (SSSR count). The number of hydrogen-bond acceptors (Lipinski definition) is 6. The van der Waals surface area contributed by atoms with E-state index in [1.165, 1.54) is 16.7 Å². The van der Waals surface area contributed by atoms with Crippen molar-refractivity contribution in [2.45, 2.75) is 19.4 Å². The second-order valence-corrected chi connectivity index (χ2v) is 5.43. The molecule has 1 amide bonds. The van der Waals surface area contributed by atoms with Gasteiger partial charge in [-0.2, -0.15) is 0 Å². The van der Waals surface area contributed by atoms with Crippen molar-refractivity contribution in [3.8, 4) is 0 Å². The Labute approximate surface area is 117 Å². The van der Waals surface area contributed by atoms with Gasteiger partial charge >= 0.3 is 5.97 Å². The molecular formula is C11H11N3O3S2. The molecule has 2 aromatic rings. The molecule has 1 atom stereocenters. The minimum atomic E-state index is -1.14. The number of carbonyl (C=O) groups excluding carboxylic acids is 1. The molecule has 19 heavy (non-hydrogen) atoms. The Morgan fingerprint density at radius 2 is 2.26 bits per heavy atom. The number of aromatic nitrogens is 2. The molecular weight excluding hydrogens is 286 g/mol. The molecule has 1 unspecified atom stereocenters. The normalized spacial score (nSPS) is 12.1. The highest BCUT2D eigenvalue weighted by Crippen LogP contribution is 2.20. The van der Waals surface area contributed by atoms with Crippen LogP contribution in [0.3, 0.4) is 0 Å². The predicted octanol–water partition coefficient (Wildman–Crippen LogP) is 2.18. The van der Waals surface area contributed by atoms with Crippen molar-refractivity contribution in [1.82, 2.24) is 15.3 Å². The molecule has 0 aliphatic heterocycles. The van der Waals surface area contributed by atoms with Crippen LogP contribution in [-0.4, -0.2) is 27.0 Å². The third kappa shape index (κ3) is 3.15. The maximum absolute atomic E-state index is 12.0. The fourth-order valence-electron chi connectivity index (χ4n) is 1.44. The molecule has 6 nitrogen and oxygen atoms in total. The summed E-state index contributed by atoms with van der Waals surface area (Å²) in [7, 11) is 0. The van der Waals surface area contributed by atoms with Crippen molar-refractivity contribution in [1.29, 1.82) is 0 Å². The van der Waals surface area contributed by atoms with E-state index in [1.807, 2.05) is 12.3 Å². The molecule has 0 aliphatic carbocycles. The number of carbonyl (C=O) groups is 2. The predicted molar refractivity (Wildman–Crippen MR) is 71.7 cm³/mol. The van der Waals surface area contributed by atoms with Crippen LogP contribution in [-0.2, 0) is 0 Å². The lowest BCUT2D eigenvalue weighted by atomic mass is 10.2. The van der Waals surface area contributed by atoms with Gasteiger partial charge < -0.3 is 10.4 Å². The lowest BCUT2D eigenvalue weighted by Crippen LogP contribution is -2.28. The van der Waals surface area contributed by atoms with Gasteiger partial charge in [-0.3, -0.25) is 4.79 Å². The molecule has 0 aromatic carbocycles. The van der Waals surface area contributed by atoms with Gasteiger partial charge in [-0.1, -0.05) is 6.92 Å². The van der Waals surface area contributed by atoms with Gasteiger partial charge in [0.15, 0.2) is 10.7 Å². The van der Waals surface area contributed by atoms with E-state index in [0.717, 1.165) is 16.3 Å². The fraction of sp³-hybridized carbons (Fsp3) is 0.273. The first kappa shape index (κ1) is 13.6. The summed E-state index contributed by atoms with van der Waals surface area (Å²) in [6.45, 7) is 1.94. The Kier molecular flexibility index (Phi) is 4.23. The van der Waals surface area contributed by atoms with E-state index in [0.29, 0.717) is 6.42 Å². The number of carboxylic acid groups (broad SMARTS) is 1. The number of carboxylic acids is 1. The molecule has 8 heteroatoms. The summed E-state index contributed by atoms with van der Waals surface area (Å²) in [5, 5.41) is 15.7. The van der Waals surface area contributed by atoms with Gasteiger partial charge in [-0.15, -0.1) is 22.7 Å².